The molecule has 23 heavy (non-hydrogen) atoms. The number of amides is 2. The van der Waals surface area contributed by atoms with Crippen molar-refractivity contribution in [3.63, 3.8) is 0 Å². The maximum absolute atomic E-state index is 12.6. The van der Waals surface area contributed by atoms with Crippen LogP contribution in [0.3, 0.4) is 0 Å². The molecule has 1 unspecified atom stereocenters. The molecule has 1 N–H and O–H groups in total. The van der Waals surface area contributed by atoms with Gasteiger partial charge >= 0.3 is 0 Å². The van der Waals surface area contributed by atoms with Gasteiger partial charge in [-0.3, -0.25) is 9.59 Å². The molecule has 0 radical (unpaired) electrons. The number of carbonyl (C=O) groups is 2. The van der Waals surface area contributed by atoms with Gasteiger partial charge in [-0.05, 0) is 58.0 Å². The fraction of sp³-hybridized carbons (Fsp3) is 0.556. The number of nitrogens with zero attached hydrogens (tertiary/aromatic N) is 2. The molecule has 0 aromatic heterocycles. The molecule has 2 rings (SSSR count). The van der Waals surface area contributed by atoms with Crippen molar-refractivity contribution in [2.45, 2.75) is 32.7 Å². The van der Waals surface area contributed by atoms with Crippen molar-refractivity contribution >= 4 is 11.8 Å². The zero-order valence-electron chi connectivity index (χ0n) is 14.3. The Kier molecular flexibility index (Phi) is 6.16. The highest BCUT2D eigenvalue weighted by molar-refractivity contribution is 5.97. The lowest BCUT2D eigenvalue weighted by Crippen LogP contribution is -2.46. The van der Waals surface area contributed by atoms with Crippen LogP contribution in [0.5, 0.6) is 0 Å². The molecule has 0 aliphatic carbocycles. The van der Waals surface area contributed by atoms with Crippen molar-refractivity contribution in [3.8, 4) is 0 Å². The summed E-state index contributed by atoms with van der Waals surface area (Å²) >= 11 is 0. The number of carbonyl (C=O) groups excluding carboxylic acids is 2. The van der Waals surface area contributed by atoms with E-state index in [4.69, 9.17) is 0 Å². The van der Waals surface area contributed by atoms with Crippen molar-refractivity contribution in [3.05, 3.63) is 35.4 Å². The van der Waals surface area contributed by atoms with Gasteiger partial charge in [-0.25, -0.2) is 0 Å². The van der Waals surface area contributed by atoms with Crippen LogP contribution >= 0.6 is 0 Å². The van der Waals surface area contributed by atoms with E-state index in [0.717, 1.165) is 25.9 Å². The summed E-state index contributed by atoms with van der Waals surface area (Å²) in [5.74, 6) is 0.0639. The Labute approximate surface area is 138 Å². The lowest BCUT2D eigenvalue weighted by Gasteiger charge is -2.32. The molecule has 0 spiro atoms. The first-order valence-corrected chi connectivity index (χ1v) is 8.46. The predicted octanol–water partition coefficient (Wildman–Crippen LogP) is 1.99. The molecule has 1 aliphatic heterocycles. The van der Waals surface area contributed by atoms with Crippen molar-refractivity contribution in [2.24, 2.45) is 0 Å². The summed E-state index contributed by atoms with van der Waals surface area (Å²) in [4.78, 5) is 28.6. The van der Waals surface area contributed by atoms with Crippen LogP contribution in [-0.2, 0) is 0 Å². The fourth-order valence-electron chi connectivity index (χ4n) is 3.03. The highest BCUT2D eigenvalue weighted by atomic mass is 16.2. The Morgan fingerprint density at radius 1 is 1.17 bits per heavy atom. The molecule has 1 heterocycles. The van der Waals surface area contributed by atoms with Crippen molar-refractivity contribution < 1.29 is 9.59 Å². The number of benzene rings is 1. The van der Waals surface area contributed by atoms with Crippen LogP contribution in [0.2, 0.25) is 0 Å². The third-order valence-electron chi connectivity index (χ3n) is 4.55. The summed E-state index contributed by atoms with van der Waals surface area (Å²) in [5, 5.41) is 3.25. The van der Waals surface area contributed by atoms with Crippen molar-refractivity contribution in [1.82, 2.24) is 15.1 Å². The molecule has 2 amide bonds. The summed E-state index contributed by atoms with van der Waals surface area (Å²) in [6.45, 7) is 6.86. The molecule has 0 saturated carbocycles. The molecule has 1 fully saturated rings. The van der Waals surface area contributed by atoms with Crippen molar-refractivity contribution in [2.75, 3.05) is 33.2 Å². The first-order valence-electron chi connectivity index (χ1n) is 8.46. The smallest absolute Gasteiger partial charge is 0.253 e. The minimum absolute atomic E-state index is 0.0159. The van der Waals surface area contributed by atoms with Crippen LogP contribution < -0.4 is 5.32 Å². The molecular weight excluding hydrogens is 290 g/mol. The van der Waals surface area contributed by atoms with Gasteiger partial charge in [-0.2, -0.15) is 0 Å². The molecule has 126 valence electrons. The van der Waals surface area contributed by atoms with Gasteiger partial charge in [0.05, 0.1) is 0 Å². The predicted molar refractivity (Wildman–Crippen MR) is 91.7 cm³/mol. The van der Waals surface area contributed by atoms with E-state index in [1.54, 1.807) is 29.2 Å². The average molecular weight is 317 g/mol. The maximum Gasteiger partial charge on any atom is 0.253 e. The van der Waals surface area contributed by atoms with Crippen LogP contribution in [0.15, 0.2) is 24.3 Å². The molecule has 1 saturated heterocycles. The maximum atomic E-state index is 12.6. The number of hydrogen-bond acceptors (Lipinski definition) is 3. The van der Waals surface area contributed by atoms with Gasteiger partial charge in [0, 0.05) is 43.3 Å². The lowest BCUT2D eigenvalue weighted by molar-refractivity contribution is 0.0696. The van der Waals surface area contributed by atoms with Gasteiger partial charge < -0.3 is 15.1 Å². The fourth-order valence-corrected chi connectivity index (χ4v) is 3.03. The zero-order chi connectivity index (χ0) is 16.8. The number of piperidine rings is 1. The molecule has 1 atom stereocenters. The Morgan fingerprint density at radius 3 is 2.35 bits per heavy atom. The van der Waals surface area contributed by atoms with Gasteiger partial charge in [-0.15, -0.1) is 0 Å². The SMILES string of the molecule is CCN(CC)C(=O)c1ccc(C(=O)N2CCCC(NC)C2)cc1. The van der Waals surface area contributed by atoms with Crippen LogP contribution in [0, 0.1) is 0 Å². The quantitative estimate of drug-likeness (QED) is 0.903. The van der Waals surface area contributed by atoms with E-state index < -0.39 is 0 Å². The summed E-state index contributed by atoms with van der Waals surface area (Å²) in [7, 11) is 1.94. The number of hydrogen-bond donors (Lipinski definition) is 1. The van der Waals surface area contributed by atoms with Crippen LogP contribution in [0.4, 0.5) is 0 Å². The highest BCUT2D eigenvalue weighted by Gasteiger charge is 2.23. The van der Waals surface area contributed by atoms with Crippen LogP contribution in [0.25, 0.3) is 0 Å². The molecule has 1 aromatic carbocycles. The number of likely N-dealkylation sites (N-methyl/N-ethyl adjacent to an activating group) is 1. The molecule has 5 nitrogen and oxygen atoms in total. The van der Waals surface area contributed by atoms with E-state index in [-0.39, 0.29) is 11.8 Å². The van der Waals surface area contributed by atoms with E-state index in [1.165, 1.54) is 0 Å². The van der Waals surface area contributed by atoms with E-state index in [2.05, 4.69) is 5.32 Å². The minimum atomic E-state index is 0.0159. The molecule has 5 heteroatoms. The van der Waals surface area contributed by atoms with Gasteiger partial charge in [-0.1, -0.05) is 0 Å². The lowest BCUT2D eigenvalue weighted by atomic mass is 10.0. The van der Waals surface area contributed by atoms with E-state index in [1.807, 2.05) is 25.8 Å². The largest absolute Gasteiger partial charge is 0.339 e. The Hall–Kier alpha value is -1.88. The Balaban J connectivity index is 2.07. The van der Waals surface area contributed by atoms with Gasteiger partial charge in [0.25, 0.3) is 11.8 Å². The Bertz CT molecular complexity index is 538. The average Bonchev–Trinajstić information content (AvgIpc) is 2.62. The third-order valence-corrected chi connectivity index (χ3v) is 4.55. The van der Waals surface area contributed by atoms with Crippen LogP contribution in [0.1, 0.15) is 47.4 Å². The monoisotopic (exact) mass is 317 g/mol. The Morgan fingerprint density at radius 2 is 1.78 bits per heavy atom. The highest BCUT2D eigenvalue weighted by Crippen LogP contribution is 2.15. The van der Waals surface area contributed by atoms with Gasteiger partial charge in [0.2, 0.25) is 0 Å². The zero-order valence-corrected chi connectivity index (χ0v) is 14.3. The van der Waals surface area contributed by atoms with E-state index >= 15 is 0 Å². The van der Waals surface area contributed by atoms with E-state index in [0.29, 0.717) is 30.3 Å². The number of likely N-dealkylation sites (tertiary alicyclic amines) is 1. The summed E-state index contributed by atoms with van der Waals surface area (Å²) in [5.41, 5.74) is 1.29. The number of rotatable bonds is 5. The number of nitrogens with one attached hydrogen (secondary N) is 1. The first-order chi connectivity index (χ1) is 11.1. The standard InChI is InChI=1S/C18H27N3O2/c1-4-20(5-2)17(22)14-8-10-15(11-9-14)18(23)21-12-6-7-16(13-21)19-3/h8-11,16,19H,4-7,12-13H2,1-3H3. The first kappa shape index (κ1) is 17.5. The topological polar surface area (TPSA) is 52.7 Å². The molecular formula is C18H27N3O2. The van der Waals surface area contributed by atoms with Gasteiger partial charge in [0.1, 0.15) is 0 Å². The molecule has 0 bridgehead atoms. The van der Waals surface area contributed by atoms with Crippen molar-refractivity contribution in [1.29, 1.82) is 0 Å². The molecule has 1 aromatic rings. The second-order valence-corrected chi connectivity index (χ2v) is 5.93. The van der Waals surface area contributed by atoms with Crippen LogP contribution in [-0.4, -0.2) is 60.9 Å². The van der Waals surface area contributed by atoms with Gasteiger partial charge in [0.15, 0.2) is 0 Å². The summed E-state index contributed by atoms with van der Waals surface area (Å²) < 4.78 is 0. The second-order valence-electron chi connectivity index (χ2n) is 5.93. The normalized spacial score (nSPS) is 17.9. The summed E-state index contributed by atoms with van der Waals surface area (Å²) in [6, 6.07) is 7.42. The summed E-state index contributed by atoms with van der Waals surface area (Å²) in [6.07, 6.45) is 2.13. The van der Waals surface area contributed by atoms with E-state index in [9.17, 15) is 9.59 Å². The second kappa shape index (κ2) is 8.11. The third kappa shape index (κ3) is 4.10. The molecule has 1 aliphatic rings. The minimum Gasteiger partial charge on any atom is -0.339 e.